The maximum atomic E-state index is 12.0. The lowest BCUT2D eigenvalue weighted by Crippen LogP contribution is -2.25. The summed E-state index contributed by atoms with van der Waals surface area (Å²) in [4.78, 5) is 12.0. The Balaban J connectivity index is 2.03. The molecule has 2 aliphatic rings. The van der Waals surface area contributed by atoms with Gasteiger partial charge in [0.25, 0.3) is 0 Å². The lowest BCUT2D eigenvalue weighted by molar-refractivity contribution is -0.118. The molecule has 0 radical (unpaired) electrons. The first-order chi connectivity index (χ1) is 7.81. The molecule has 1 amide bonds. The van der Waals surface area contributed by atoms with E-state index >= 15 is 0 Å². The first-order valence-electron chi connectivity index (χ1n) is 5.79. The first kappa shape index (κ1) is 9.70. The van der Waals surface area contributed by atoms with Gasteiger partial charge in [-0.05, 0) is 30.4 Å². The summed E-state index contributed by atoms with van der Waals surface area (Å²) in [6.07, 6.45) is 3.61. The maximum absolute atomic E-state index is 12.0. The van der Waals surface area contributed by atoms with Crippen LogP contribution >= 0.6 is 0 Å². The number of para-hydroxylation sites is 1. The van der Waals surface area contributed by atoms with E-state index in [1.54, 1.807) is 7.11 Å². The van der Waals surface area contributed by atoms with Gasteiger partial charge in [0.2, 0.25) is 5.91 Å². The maximum Gasteiger partial charge on any atom is 0.232 e. The van der Waals surface area contributed by atoms with Crippen molar-refractivity contribution in [2.24, 2.45) is 5.92 Å². The third-order valence-electron chi connectivity index (χ3n) is 3.77. The minimum atomic E-state index is 0.0545. The number of ether oxygens (including phenoxy) is 1. The van der Waals surface area contributed by atoms with Crippen LogP contribution < -0.4 is 10.1 Å². The Morgan fingerprint density at radius 1 is 1.38 bits per heavy atom. The second kappa shape index (κ2) is 3.51. The van der Waals surface area contributed by atoms with Crippen molar-refractivity contribution in [3.05, 3.63) is 23.8 Å². The molecule has 3 nitrogen and oxygen atoms in total. The van der Waals surface area contributed by atoms with Gasteiger partial charge in [-0.2, -0.15) is 0 Å². The largest absolute Gasteiger partial charge is 0.495 e. The topological polar surface area (TPSA) is 38.3 Å². The Kier molecular flexibility index (Phi) is 2.13. The minimum absolute atomic E-state index is 0.0545. The van der Waals surface area contributed by atoms with Crippen molar-refractivity contribution in [1.82, 2.24) is 0 Å². The Hall–Kier alpha value is -1.51. The molecule has 1 aromatic carbocycles. The summed E-state index contributed by atoms with van der Waals surface area (Å²) in [5.41, 5.74) is 2.00. The molecule has 84 valence electrons. The molecule has 1 atom stereocenters. The predicted molar refractivity (Wildman–Crippen MR) is 61.7 cm³/mol. The number of methoxy groups -OCH3 is 1. The summed E-state index contributed by atoms with van der Waals surface area (Å²) in [5.74, 6) is 1.50. The van der Waals surface area contributed by atoms with Crippen molar-refractivity contribution in [3.63, 3.8) is 0 Å². The molecule has 0 bridgehead atoms. The van der Waals surface area contributed by atoms with Crippen LogP contribution in [0.25, 0.3) is 0 Å². The van der Waals surface area contributed by atoms with Crippen LogP contribution in [0.1, 0.15) is 30.7 Å². The number of amides is 1. The Morgan fingerprint density at radius 3 is 2.81 bits per heavy atom. The zero-order valence-electron chi connectivity index (χ0n) is 9.32. The van der Waals surface area contributed by atoms with Crippen LogP contribution in [0.5, 0.6) is 5.75 Å². The van der Waals surface area contributed by atoms with E-state index in [0.29, 0.717) is 5.92 Å². The number of nitrogens with one attached hydrogen (secondary N) is 1. The van der Waals surface area contributed by atoms with E-state index in [9.17, 15) is 4.79 Å². The molecule has 1 unspecified atom stereocenters. The fraction of sp³-hybridized carbons (Fsp3) is 0.462. The molecule has 3 rings (SSSR count). The number of rotatable bonds is 2. The summed E-state index contributed by atoms with van der Waals surface area (Å²) >= 11 is 0. The summed E-state index contributed by atoms with van der Waals surface area (Å²) in [6.45, 7) is 0. The zero-order chi connectivity index (χ0) is 11.1. The van der Waals surface area contributed by atoms with Gasteiger partial charge >= 0.3 is 0 Å². The van der Waals surface area contributed by atoms with Gasteiger partial charge in [0.1, 0.15) is 5.75 Å². The Morgan fingerprint density at radius 2 is 2.19 bits per heavy atom. The van der Waals surface area contributed by atoms with Crippen molar-refractivity contribution in [2.45, 2.75) is 25.2 Å². The van der Waals surface area contributed by atoms with Crippen LogP contribution in [0.15, 0.2) is 18.2 Å². The SMILES string of the molecule is COc1cccc2c1NC(=O)C2C1CCC1. The van der Waals surface area contributed by atoms with Gasteiger partial charge in [-0.3, -0.25) is 4.79 Å². The van der Waals surface area contributed by atoms with Gasteiger partial charge in [0, 0.05) is 0 Å². The molecule has 1 aromatic rings. The van der Waals surface area contributed by atoms with Crippen molar-refractivity contribution >= 4 is 11.6 Å². The highest BCUT2D eigenvalue weighted by atomic mass is 16.5. The molecule has 0 spiro atoms. The van der Waals surface area contributed by atoms with Gasteiger partial charge < -0.3 is 10.1 Å². The molecule has 3 heteroatoms. The van der Waals surface area contributed by atoms with E-state index in [1.807, 2.05) is 18.2 Å². The number of carbonyl (C=O) groups excluding carboxylic acids is 1. The highest BCUT2D eigenvalue weighted by Gasteiger charge is 2.40. The quantitative estimate of drug-likeness (QED) is 0.826. The number of carbonyl (C=O) groups is 1. The molecular weight excluding hydrogens is 202 g/mol. The van der Waals surface area contributed by atoms with Gasteiger partial charge in [-0.1, -0.05) is 18.6 Å². The van der Waals surface area contributed by atoms with Crippen LogP contribution in [0.2, 0.25) is 0 Å². The van der Waals surface area contributed by atoms with Gasteiger partial charge in [0.15, 0.2) is 0 Å². The molecular formula is C13H15NO2. The van der Waals surface area contributed by atoms with E-state index in [2.05, 4.69) is 5.32 Å². The normalized spacial score (nSPS) is 23.6. The second-order valence-electron chi connectivity index (χ2n) is 4.58. The van der Waals surface area contributed by atoms with Crippen LogP contribution in [-0.2, 0) is 4.79 Å². The lowest BCUT2D eigenvalue weighted by Gasteiger charge is -2.29. The fourth-order valence-corrected chi connectivity index (χ4v) is 2.69. The van der Waals surface area contributed by atoms with Crippen molar-refractivity contribution in [1.29, 1.82) is 0 Å². The van der Waals surface area contributed by atoms with Crippen molar-refractivity contribution in [3.8, 4) is 5.75 Å². The first-order valence-corrected chi connectivity index (χ1v) is 5.79. The summed E-state index contributed by atoms with van der Waals surface area (Å²) < 4.78 is 5.27. The predicted octanol–water partition coefficient (Wildman–Crippen LogP) is 2.53. The average molecular weight is 217 g/mol. The van der Waals surface area contributed by atoms with Crippen molar-refractivity contribution in [2.75, 3.05) is 12.4 Å². The lowest BCUT2D eigenvalue weighted by atomic mass is 9.73. The monoisotopic (exact) mass is 217 g/mol. The standard InChI is InChI=1S/C13H15NO2/c1-16-10-7-3-6-9-11(8-4-2-5-8)13(15)14-12(9)10/h3,6-8,11H,2,4-5H2,1H3,(H,14,15). The van der Waals surface area contributed by atoms with Crippen LogP contribution in [0.3, 0.4) is 0 Å². The number of anilines is 1. The third-order valence-corrected chi connectivity index (χ3v) is 3.77. The number of benzene rings is 1. The molecule has 1 heterocycles. The summed E-state index contributed by atoms with van der Waals surface area (Å²) in [5, 5.41) is 2.95. The van der Waals surface area contributed by atoms with E-state index in [4.69, 9.17) is 4.74 Å². The molecule has 0 aromatic heterocycles. The molecule has 16 heavy (non-hydrogen) atoms. The fourth-order valence-electron chi connectivity index (χ4n) is 2.69. The van der Waals surface area contributed by atoms with Crippen LogP contribution in [0, 0.1) is 5.92 Å². The molecule has 1 fully saturated rings. The van der Waals surface area contributed by atoms with Crippen LogP contribution in [0.4, 0.5) is 5.69 Å². The number of fused-ring (bicyclic) bond motifs is 1. The van der Waals surface area contributed by atoms with Crippen LogP contribution in [-0.4, -0.2) is 13.0 Å². The third kappa shape index (κ3) is 1.24. The average Bonchev–Trinajstić information content (AvgIpc) is 2.54. The van der Waals surface area contributed by atoms with Crippen molar-refractivity contribution < 1.29 is 9.53 Å². The highest BCUT2D eigenvalue weighted by Crippen LogP contribution is 2.48. The highest BCUT2D eigenvalue weighted by molar-refractivity contribution is 6.04. The van der Waals surface area contributed by atoms with E-state index in [-0.39, 0.29) is 11.8 Å². The Labute approximate surface area is 94.8 Å². The summed E-state index contributed by atoms with van der Waals surface area (Å²) in [6, 6.07) is 5.89. The Bertz CT molecular complexity index is 438. The second-order valence-corrected chi connectivity index (χ2v) is 4.58. The van der Waals surface area contributed by atoms with Gasteiger partial charge in [-0.25, -0.2) is 0 Å². The number of hydrogen-bond donors (Lipinski definition) is 1. The molecule has 1 aliphatic heterocycles. The van der Waals surface area contributed by atoms with E-state index in [0.717, 1.165) is 17.0 Å². The summed E-state index contributed by atoms with van der Waals surface area (Å²) in [7, 11) is 1.64. The molecule has 1 aliphatic carbocycles. The number of hydrogen-bond acceptors (Lipinski definition) is 2. The molecule has 0 saturated heterocycles. The van der Waals surface area contributed by atoms with E-state index < -0.39 is 0 Å². The van der Waals surface area contributed by atoms with E-state index in [1.165, 1.54) is 19.3 Å². The van der Waals surface area contributed by atoms with Gasteiger partial charge in [-0.15, -0.1) is 0 Å². The molecule has 1 N–H and O–H groups in total. The minimum Gasteiger partial charge on any atom is -0.495 e. The van der Waals surface area contributed by atoms with Gasteiger partial charge in [0.05, 0.1) is 18.7 Å². The molecule has 1 saturated carbocycles. The zero-order valence-corrected chi connectivity index (χ0v) is 9.32. The smallest absolute Gasteiger partial charge is 0.232 e.